The van der Waals surface area contributed by atoms with Gasteiger partial charge in [0.2, 0.25) is 11.8 Å². The van der Waals surface area contributed by atoms with Crippen LogP contribution in [-0.4, -0.2) is 35.8 Å². The predicted octanol–water partition coefficient (Wildman–Crippen LogP) is -1.33. The average Bonchev–Trinajstić information content (AvgIpc) is 1.99. The monoisotopic (exact) mass is 185 g/mol. The van der Waals surface area contributed by atoms with Crippen molar-refractivity contribution >= 4 is 11.8 Å². The van der Waals surface area contributed by atoms with Crippen LogP contribution in [0.25, 0.3) is 0 Å². The third-order valence-corrected chi connectivity index (χ3v) is 2.41. The lowest BCUT2D eigenvalue weighted by Crippen LogP contribution is -2.58. The molecule has 2 unspecified atom stereocenters. The molecular weight excluding hydrogens is 170 g/mol. The van der Waals surface area contributed by atoms with Gasteiger partial charge in [-0.15, -0.1) is 0 Å². The van der Waals surface area contributed by atoms with Gasteiger partial charge in [0.15, 0.2) is 0 Å². The molecule has 1 saturated heterocycles. The number of nitrogens with zero attached hydrogens (tertiary/aromatic N) is 1. The van der Waals surface area contributed by atoms with E-state index in [4.69, 9.17) is 11.5 Å². The van der Waals surface area contributed by atoms with E-state index in [0.717, 1.165) is 0 Å². The molecular formula is C8H15N3O2. The van der Waals surface area contributed by atoms with Crippen LogP contribution in [0, 0.1) is 5.92 Å². The molecule has 2 amide bonds. The number of nitrogens with two attached hydrogens (primary N) is 2. The molecule has 0 bridgehead atoms. The summed E-state index contributed by atoms with van der Waals surface area (Å²) in [5, 5.41) is 0. The summed E-state index contributed by atoms with van der Waals surface area (Å²) in [6.07, 6.45) is 0.679. The van der Waals surface area contributed by atoms with E-state index < -0.39 is 11.9 Å². The highest BCUT2D eigenvalue weighted by atomic mass is 16.2. The van der Waals surface area contributed by atoms with Gasteiger partial charge in [-0.1, -0.05) is 6.92 Å². The number of hydrogen-bond donors (Lipinski definition) is 2. The largest absolute Gasteiger partial charge is 0.368 e. The van der Waals surface area contributed by atoms with Crippen LogP contribution in [-0.2, 0) is 9.59 Å². The van der Waals surface area contributed by atoms with E-state index in [1.54, 1.807) is 6.92 Å². The Kier molecular flexibility index (Phi) is 2.87. The van der Waals surface area contributed by atoms with Crippen molar-refractivity contribution in [1.82, 2.24) is 4.90 Å². The van der Waals surface area contributed by atoms with E-state index in [1.807, 2.05) is 0 Å². The van der Waals surface area contributed by atoms with Gasteiger partial charge in [0.05, 0.1) is 0 Å². The second-order valence-corrected chi connectivity index (χ2v) is 3.38. The van der Waals surface area contributed by atoms with Crippen LogP contribution in [0.4, 0.5) is 0 Å². The van der Waals surface area contributed by atoms with E-state index in [-0.39, 0.29) is 11.8 Å². The minimum Gasteiger partial charge on any atom is -0.368 e. The highest BCUT2D eigenvalue weighted by Crippen LogP contribution is 2.19. The zero-order valence-electron chi connectivity index (χ0n) is 7.69. The first-order valence-electron chi connectivity index (χ1n) is 4.37. The van der Waals surface area contributed by atoms with Gasteiger partial charge in [-0.05, 0) is 6.42 Å². The van der Waals surface area contributed by atoms with Crippen molar-refractivity contribution in [3.05, 3.63) is 0 Å². The standard InChI is InChI=1S/C8H15N3O2/c1-5(4-9)8(13)11-3-2-6(11)7(10)12/h5-6H,2-4,9H2,1H3,(H2,10,12). The fraction of sp³-hybridized carbons (Fsp3) is 0.750. The Morgan fingerprint density at radius 1 is 1.62 bits per heavy atom. The van der Waals surface area contributed by atoms with E-state index in [1.165, 1.54) is 4.90 Å². The smallest absolute Gasteiger partial charge is 0.240 e. The quantitative estimate of drug-likeness (QED) is 0.570. The van der Waals surface area contributed by atoms with Crippen LogP contribution in [0.5, 0.6) is 0 Å². The summed E-state index contributed by atoms with van der Waals surface area (Å²) in [7, 11) is 0. The molecule has 0 saturated carbocycles. The number of likely N-dealkylation sites (tertiary alicyclic amines) is 1. The molecule has 1 fully saturated rings. The van der Waals surface area contributed by atoms with E-state index in [2.05, 4.69) is 0 Å². The van der Waals surface area contributed by atoms with E-state index >= 15 is 0 Å². The predicted molar refractivity (Wildman–Crippen MR) is 47.5 cm³/mol. The fourth-order valence-corrected chi connectivity index (χ4v) is 1.33. The summed E-state index contributed by atoms with van der Waals surface area (Å²) < 4.78 is 0. The van der Waals surface area contributed by atoms with Gasteiger partial charge in [-0.3, -0.25) is 9.59 Å². The van der Waals surface area contributed by atoms with Gasteiger partial charge in [-0.25, -0.2) is 0 Å². The molecule has 0 spiro atoms. The summed E-state index contributed by atoms with van der Waals surface area (Å²) in [4.78, 5) is 23.8. The molecule has 0 aliphatic carbocycles. The average molecular weight is 185 g/mol. The Hall–Kier alpha value is -1.10. The van der Waals surface area contributed by atoms with Crippen LogP contribution >= 0.6 is 0 Å². The third kappa shape index (κ3) is 1.80. The lowest BCUT2D eigenvalue weighted by atomic mass is 9.99. The molecule has 2 atom stereocenters. The Morgan fingerprint density at radius 3 is 2.54 bits per heavy atom. The van der Waals surface area contributed by atoms with Crippen molar-refractivity contribution in [2.75, 3.05) is 13.1 Å². The Labute approximate surface area is 77.1 Å². The highest BCUT2D eigenvalue weighted by molar-refractivity contribution is 5.89. The summed E-state index contributed by atoms with van der Waals surface area (Å²) in [5.74, 6) is -0.719. The molecule has 1 rings (SSSR count). The first-order valence-corrected chi connectivity index (χ1v) is 4.37. The molecule has 0 aromatic carbocycles. The molecule has 5 heteroatoms. The van der Waals surface area contributed by atoms with Gasteiger partial charge in [-0.2, -0.15) is 0 Å². The van der Waals surface area contributed by atoms with Crippen molar-refractivity contribution in [2.24, 2.45) is 17.4 Å². The number of carbonyl (C=O) groups excluding carboxylic acids is 2. The molecule has 1 heterocycles. The zero-order valence-corrected chi connectivity index (χ0v) is 7.69. The second kappa shape index (κ2) is 3.74. The Balaban J connectivity index is 2.53. The van der Waals surface area contributed by atoms with Gasteiger partial charge < -0.3 is 16.4 Å². The molecule has 74 valence electrons. The topological polar surface area (TPSA) is 89.4 Å². The van der Waals surface area contributed by atoms with Gasteiger partial charge in [0.1, 0.15) is 6.04 Å². The summed E-state index contributed by atoms with van der Waals surface area (Å²) in [6, 6.07) is -0.401. The Bertz CT molecular complexity index is 229. The van der Waals surface area contributed by atoms with Crippen LogP contribution in [0.2, 0.25) is 0 Å². The second-order valence-electron chi connectivity index (χ2n) is 3.38. The van der Waals surface area contributed by atoms with Gasteiger partial charge in [0, 0.05) is 19.0 Å². The van der Waals surface area contributed by atoms with Crippen molar-refractivity contribution in [1.29, 1.82) is 0 Å². The van der Waals surface area contributed by atoms with E-state index in [9.17, 15) is 9.59 Å². The first kappa shape index (κ1) is 9.98. The van der Waals surface area contributed by atoms with Crippen LogP contribution in [0.3, 0.4) is 0 Å². The molecule has 1 aliphatic rings. The normalized spacial score (nSPS) is 23.5. The summed E-state index contributed by atoms with van der Waals surface area (Å²) >= 11 is 0. The SMILES string of the molecule is CC(CN)C(=O)N1CCC1C(N)=O. The summed E-state index contributed by atoms with van der Waals surface area (Å²) in [6.45, 7) is 2.68. The molecule has 0 aromatic rings. The maximum Gasteiger partial charge on any atom is 0.240 e. The minimum atomic E-state index is -0.427. The number of amides is 2. The van der Waals surface area contributed by atoms with Crippen molar-refractivity contribution < 1.29 is 9.59 Å². The lowest BCUT2D eigenvalue weighted by molar-refractivity contribution is -0.148. The molecule has 4 N–H and O–H groups in total. The minimum absolute atomic E-state index is 0.0717. The fourth-order valence-electron chi connectivity index (χ4n) is 1.33. The summed E-state index contributed by atoms with van der Waals surface area (Å²) in [5.41, 5.74) is 10.5. The Morgan fingerprint density at radius 2 is 2.23 bits per heavy atom. The number of hydrogen-bond acceptors (Lipinski definition) is 3. The van der Waals surface area contributed by atoms with Gasteiger partial charge >= 0.3 is 0 Å². The molecule has 1 aliphatic heterocycles. The maximum absolute atomic E-state index is 11.5. The van der Waals surface area contributed by atoms with E-state index in [0.29, 0.717) is 19.5 Å². The third-order valence-electron chi connectivity index (χ3n) is 2.41. The van der Waals surface area contributed by atoms with Gasteiger partial charge in [0.25, 0.3) is 0 Å². The zero-order chi connectivity index (χ0) is 10.0. The number of primary amides is 1. The lowest BCUT2D eigenvalue weighted by Gasteiger charge is -2.40. The van der Waals surface area contributed by atoms with Crippen LogP contribution < -0.4 is 11.5 Å². The van der Waals surface area contributed by atoms with Crippen molar-refractivity contribution in [3.8, 4) is 0 Å². The molecule has 5 nitrogen and oxygen atoms in total. The van der Waals surface area contributed by atoms with Crippen molar-refractivity contribution in [2.45, 2.75) is 19.4 Å². The van der Waals surface area contributed by atoms with Crippen LogP contribution in [0.1, 0.15) is 13.3 Å². The maximum atomic E-state index is 11.5. The molecule has 13 heavy (non-hydrogen) atoms. The van der Waals surface area contributed by atoms with Crippen molar-refractivity contribution in [3.63, 3.8) is 0 Å². The molecule has 0 aromatic heterocycles. The highest BCUT2D eigenvalue weighted by Gasteiger charge is 2.37. The number of carbonyl (C=O) groups is 2. The number of rotatable bonds is 3. The first-order chi connectivity index (χ1) is 6.07. The molecule has 0 radical (unpaired) electrons. The van der Waals surface area contributed by atoms with Crippen LogP contribution in [0.15, 0.2) is 0 Å².